The lowest BCUT2D eigenvalue weighted by Crippen LogP contribution is -2.06. The van der Waals surface area contributed by atoms with Crippen molar-refractivity contribution in [3.05, 3.63) is 54.1 Å². The molecule has 2 fully saturated rings. The minimum absolute atomic E-state index is 0.00829. The Bertz CT molecular complexity index is 700. The Morgan fingerprint density at radius 3 is 2.62 bits per heavy atom. The number of benzene rings is 2. The number of aldehydes is 1. The molecule has 0 bridgehead atoms. The molecule has 2 aromatic rings. The van der Waals surface area contributed by atoms with Crippen LogP contribution in [0.1, 0.15) is 30.7 Å². The number of phenolic OH excluding ortho intramolecular Hbond substituents is 1. The highest BCUT2D eigenvalue weighted by Gasteiger charge is 2.65. The zero-order valence-electron chi connectivity index (χ0n) is 11.8. The first-order chi connectivity index (χ1) is 10.2. The second-order valence-corrected chi connectivity index (χ2v) is 6.47. The number of rotatable bonds is 4. The van der Waals surface area contributed by atoms with Crippen LogP contribution in [0.3, 0.4) is 0 Å². The summed E-state index contributed by atoms with van der Waals surface area (Å²) in [6, 6.07) is 15.4. The quantitative estimate of drug-likeness (QED) is 0.853. The Morgan fingerprint density at radius 2 is 1.95 bits per heavy atom. The maximum Gasteiger partial charge on any atom is 0.127 e. The molecule has 1 spiro atoms. The highest BCUT2D eigenvalue weighted by molar-refractivity contribution is 5.76. The summed E-state index contributed by atoms with van der Waals surface area (Å²) in [5.74, 6) is 0.773. The van der Waals surface area contributed by atoms with Crippen molar-refractivity contribution in [2.45, 2.75) is 25.2 Å². The van der Waals surface area contributed by atoms with E-state index in [1.807, 2.05) is 30.3 Å². The number of carbonyl (C=O) groups excluding carboxylic acids is 1. The van der Waals surface area contributed by atoms with Gasteiger partial charge in [0.05, 0.1) is 0 Å². The smallest absolute Gasteiger partial charge is 0.127 e. The monoisotopic (exact) mass is 278 g/mol. The number of aromatic hydroxyl groups is 1. The van der Waals surface area contributed by atoms with Gasteiger partial charge in [-0.05, 0) is 59.4 Å². The molecule has 2 unspecified atom stereocenters. The van der Waals surface area contributed by atoms with E-state index in [-0.39, 0.29) is 11.7 Å². The molecule has 21 heavy (non-hydrogen) atoms. The Morgan fingerprint density at radius 1 is 1.14 bits per heavy atom. The van der Waals surface area contributed by atoms with E-state index in [0.717, 1.165) is 23.0 Å². The molecular formula is C19H18O2. The summed E-state index contributed by atoms with van der Waals surface area (Å²) >= 11 is 0. The first-order valence-corrected chi connectivity index (χ1v) is 7.57. The summed E-state index contributed by atoms with van der Waals surface area (Å²) in [7, 11) is 0. The van der Waals surface area contributed by atoms with Crippen LogP contribution in [0.25, 0.3) is 11.1 Å². The van der Waals surface area contributed by atoms with Crippen molar-refractivity contribution in [3.63, 3.8) is 0 Å². The van der Waals surface area contributed by atoms with Gasteiger partial charge in [-0.2, -0.15) is 0 Å². The second-order valence-electron chi connectivity index (χ2n) is 6.47. The predicted octanol–water partition coefficient (Wildman–Crippen LogP) is 4.14. The molecule has 2 nitrogen and oxygen atoms in total. The molecule has 0 aliphatic heterocycles. The van der Waals surface area contributed by atoms with E-state index >= 15 is 0 Å². The lowest BCUT2D eigenvalue weighted by atomic mass is 9.87. The summed E-state index contributed by atoms with van der Waals surface area (Å²) in [6.45, 7) is 0. The first-order valence-electron chi connectivity index (χ1n) is 7.57. The second kappa shape index (κ2) is 4.45. The molecular weight excluding hydrogens is 260 g/mol. The number of hydrogen-bond acceptors (Lipinski definition) is 2. The van der Waals surface area contributed by atoms with Crippen LogP contribution in [-0.2, 0) is 4.79 Å². The molecule has 2 aliphatic rings. The van der Waals surface area contributed by atoms with E-state index in [0.29, 0.717) is 11.3 Å². The van der Waals surface area contributed by atoms with Gasteiger partial charge in [-0.1, -0.05) is 36.4 Å². The average molecular weight is 278 g/mol. The van der Waals surface area contributed by atoms with Crippen LogP contribution in [-0.4, -0.2) is 11.4 Å². The zero-order valence-corrected chi connectivity index (χ0v) is 11.8. The van der Waals surface area contributed by atoms with Crippen molar-refractivity contribution < 1.29 is 9.90 Å². The molecule has 0 radical (unpaired) electrons. The molecule has 4 rings (SSSR count). The van der Waals surface area contributed by atoms with Gasteiger partial charge in [-0.15, -0.1) is 0 Å². The highest BCUT2D eigenvalue weighted by Crippen LogP contribution is 2.74. The van der Waals surface area contributed by atoms with Crippen molar-refractivity contribution in [1.29, 1.82) is 0 Å². The molecule has 2 atom stereocenters. The average Bonchev–Trinajstić information content (AvgIpc) is 3.41. The third kappa shape index (κ3) is 2.06. The summed E-state index contributed by atoms with van der Waals surface area (Å²) in [4.78, 5) is 11.7. The summed E-state index contributed by atoms with van der Waals surface area (Å²) in [5.41, 5.74) is 3.64. The molecule has 2 saturated carbocycles. The Labute approximate surface area is 124 Å². The van der Waals surface area contributed by atoms with Crippen molar-refractivity contribution in [3.8, 4) is 16.9 Å². The fourth-order valence-corrected chi connectivity index (χ4v) is 3.73. The Hall–Kier alpha value is -2.09. The van der Waals surface area contributed by atoms with E-state index < -0.39 is 0 Å². The minimum atomic E-state index is -0.00829. The fraction of sp³-hybridized carbons (Fsp3) is 0.316. The third-order valence-corrected chi connectivity index (χ3v) is 5.20. The molecule has 0 saturated heterocycles. The third-order valence-electron chi connectivity index (χ3n) is 5.20. The lowest BCUT2D eigenvalue weighted by Gasteiger charge is -2.16. The Balaban J connectivity index is 1.77. The van der Waals surface area contributed by atoms with Crippen LogP contribution in [0, 0.1) is 11.3 Å². The van der Waals surface area contributed by atoms with Crippen LogP contribution >= 0.6 is 0 Å². The summed E-state index contributed by atoms with van der Waals surface area (Å²) in [6.07, 6.45) is 4.90. The van der Waals surface area contributed by atoms with E-state index in [4.69, 9.17) is 0 Å². The molecule has 2 heteroatoms. The van der Waals surface area contributed by atoms with Crippen LogP contribution < -0.4 is 0 Å². The zero-order chi connectivity index (χ0) is 14.4. The maximum atomic E-state index is 11.7. The van der Waals surface area contributed by atoms with Crippen molar-refractivity contribution in [1.82, 2.24) is 0 Å². The van der Waals surface area contributed by atoms with Crippen LogP contribution in [0.15, 0.2) is 48.5 Å². The van der Waals surface area contributed by atoms with Gasteiger partial charge in [0.15, 0.2) is 0 Å². The predicted molar refractivity (Wildman–Crippen MR) is 82.1 cm³/mol. The molecule has 0 aromatic heterocycles. The van der Waals surface area contributed by atoms with E-state index in [9.17, 15) is 9.90 Å². The van der Waals surface area contributed by atoms with Crippen molar-refractivity contribution >= 4 is 6.29 Å². The largest absolute Gasteiger partial charge is 0.508 e. The molecule has 2 aromatic carbocycles. The van der Waals surface area contributed by atoms with Crippen molar-refractivity contribution in [2.75, 3.05) is 0 Å². The van der Waals surface area contributed by atoms with Crippen LogP contribution in [0.5, 0.6) is 5.75 Å². The number of hydrogen-bond donors (Lipinski definition) is 1. The summed E-state index contributed by atoms with van der Waals surface area (Å²) in [5, 5.41) is 9.71. The van der Waals surface area contributed by atoms with Gasteiger partial charge in [0.2, 0.25) is 0 Å². The van der Waals surface area contributed by atoms with E-state index in [1.165, 1.54) is 19.3 Å². The van der Waals surface area contributed by atoms with Crippen molar-refractivity contribution in [2.24, 2.45) is 11.3 Å². The van der Waals surface area contributed by atoms with Gasteiger partial charge in [0, 0.05) is 5.92 Å². The fourth-order valence-electron chi connectivity index (χ4n) is 3.73. The number of phenols is 1. The molecule has 0 amide bonds. The van der Waals surface area contributed by atoms with E-state index in [2.05, 4.69) is 6.07 Å². The topological polar surface area (TPSA) is 37.3 Å². The van der Waals surface area contributed by atoms with Gasteiger partial charge in [-0.3, -0.25) is 0 Å². The standard InChI is InChI=1S/C19H18O2/c20-12-17(18-11-19(18)8-9-19)16-7-2-1-6-15(16)13-4-3-5-14(21)10-13/h1-7,10,12,17-18,21H,8-9,11H2. The maximum absolute atomic E-state index is 11.7. The molecule has 2 aliphatic carbocycles. The van der Waals surface area contributed by atoms with Gasteiger partial charge in [0.1, 0.15) is 12.0 Å². The van der Waals surface area contributed by atoms with Gasteiger partial charge < -0.3 is 9.90 Å². The van der Waals surface area contributed by atoms with Crippen LogP contribution in [0.2, 0.25) is 0 Å². The molecule has 0 heterocycles. The molecule has 1 N–H and O–H groups in total. The van der Waals surface area contributed by atoms with Gasteiger partial charge in [-0.25, -0.2) is 0 Å². The SMILES string of the molecule is O=CC(c1ccccc1-c1cccc(O)c1)C1CC12CC2. The van der Waals surface area contributed by atoms with Crippen LogP contribution in [0.4, 0.5) is 0 Å². The summed E-state index contributed by atoms with van der Waals surface area (Å²) < 4.78 is 0. The lowest BCUT2D eigenvalue weighted by molar-refractivity contribution is -0.109. The normalized spacial score (nSPS) is 22.8. The Kier molecular flexibility index (Phi) is 2.68. The highest BCUT2D eigenvalue weighted by atomic mass is 16.3. The van der Waals surface area contributed by atoms with Gasteiger partial charge >= 0.3 is 0 Å². The van der Waals surface area contributed by atoms with E-state index in [1.54, 1.807) is 12.1 Å². The van der Waals surface area contributed by atoms with Gasteiger partial charge in [0.25, 0.3) is 0 Å². The molecule has 106 valence electrons. The number of carbonyl (C=O) groups is 1. The first kappa shape index (κ1) is 12.6. The minimum Gasteiger partial charge on any atom is -0.508 e.